The topological polar surface area (TPSA) is 48.9 Å². The summed E-state index contributed by atoms with van der Waals surface area (Å²) in [5.41, 5.74) is 0.267. The first-order chi connectivity index (χ1) is 12.6. The number of likely N-dealkylation sites (tertiary alicyclic amines) is 1. The van der Waals surface area contributed by atoms with Crippen LogP contribution in [0.5, 0.6) is 5.75 Å². The van der Waals surface area contributed by atoms with Crippen LogP contribution in [-0.4, -0.2) is 56.1 Å². The van der Waals surface area contributed by atoms with Crippen molar-refractivity contribution in [1.82, 2.24) is 15.5 Å². The summed E-state index contributed by atoms with van der Waals surface area (Å²) in [7, 11) is 1.47. The number of hydrogen-bond acceptors (Lipinski definition) is 3. The van der Waals surface area contributed by atoms with Crippen molar-refractivity contribution >= 4 is 29.9 Å². The molecule has 2 N–H and O–H groups in total. The van der Waals surface area contributed by atoms with E-state index in [1.165, 1.54) is 30.1 Å². The van der Waals surface area contributed by atoms with Crippen molar-refractivity contribution in [3.8, 4) is 5.75 Å². The van der Waals surface area contributed by atoms with E-state index in [0.717, 1.165) is 0 Å². The first-order valence-corrected chi connectivity index (χ1v) is 8.15. The summed E-state index contributed by atoms with van der Waals surface area (Å²) in [4.78, 5) is 5.25. The Kier molecular flexibility index (Phi) is 9.11. The molecule has 0 aromatic heterocycles. The van der Waals surface area contributed by atoms with Crippen LogP contribution in [0.4, 0.5) is 26.3 Å². The molecule has 0 aliphatic carbocycles. The molecule has 5 nitrogen and oxygen atoms in total. The van der Waals surface area contributed by atoms with E-state index < -0.39 is 19.1 Å². The molecule has 2 rings (SSSR count). The number of nitrogens with zero attached hydrogens (tertiary/aromatic N) is 2. The van der Waals surface area contributed by atoms with E-state index in [9.17, 15) is 26.3 Å². The molecule has 1 aromatic carbocycles. The summed E-state index contributed by atoms with van der Waals surface area (Å²) in [5.74, 6) is -0.0409. The molecular formula is C16H21F6IN4O. The zero-order valence-corrected chi connectivity index (χ0v) is 17.2. The Morgan fingerprint density at radius 2 is 1.89 bits per heavy atom. The lowest BCUT2D eigenvalue weighted by atomic mass is 10.2. The maximum absolute atomic E-state index is 12.4. The van der Waals surface area contributed by atoms with Gasteiger partial charge in [-0.15, -0.1) is 37.1 Å². The number of nitrogens with one attached hydrogen (secondary N) is 2. The van der Waals surface area contributed by atoms with E-state index >= 15 is 0 Å². The minimum atomic E-state index is -4.80. The van der Waals surface area contributed by atoms with Crippen LogP contribution in [0.3, 0.4) is 0 Å². The lowest BCUT2D eigenvalue weighted by Crippen LogP contribution is -2.45. The van der Waals surface area contributed by atoms with Crippen LogP contribution in [0.1, 0.15) is 12.0 Å². The number of benzene rings is 1. The van der Waals surface area contributed by atoms with Crippen molar-refractivity contribution in [3.05, 3.63) is 29.8 Å². The molecule has 0 saturated carbocycles. The normalized spacial score (nSPS) is 18.5. The van der Waals surface area contributed by atoms with E-state index in [1.807, 2.05) is 0 Å². The van der Waals surface area contributed by atoms with Gasteiger partial charge in [0.1, 0.15) is 5.75 Å². The van der Waals surface area contributed by atoms with E-state index in [4.69, 9.17) is 0 Å². The molecule has 1 aliphatic rings. The van der Waals surface area contributed by atoms with Gasteiger partial charge >= 0.3 is 12.5 Å². The smallest absolute Gasteiger partial charge is 0.405 e. The predicted molar refractivity (Wildman–Crippen MR) is 103 cm³/mol. The van der Waals surface area contributed by atoms with Crippen LogP contribution in [0.15, 0.2) is 29.3 Å². The van der Waals surface area contributed by atoms with Gasteiger partial charge in [0.05, 0.1) is 6.54 Å². The van der Waals surface area contributed by atoms with E-state index in [2.05, 4.69) is 20.4 Å². The highest BCUT2D eigenvalue weighted by Crippen LogP contribution is 2.26. The average molecular weight is 526 g/mol. The SMILES string of the molecule is CN=C(NCc1ccccc1OC(F)(F)F)NC1CCN(CC(F)(F)F)C1.I. The number of ether oxygens (including phenoxy) is 1. The van der Waals surface area contributed by atoms with Crippen molar-refractivity contribution in [2.24, 2.45) is 4.99 Å². The van der Waals surface area contributed by atoms with Gasteiger partial charge in [-0.2, -0.15) is 13.2 Å². The summed E-state index contributed by atoms with van der Waals surface area (Å²) >= 11 is 0. The van der Waals surface area contributed by atoms with Crippen LogP contribution in [-0.2, 0) is 6.54 Å². The molecule has 0 spiro atoms. The lowest BCUT2D eigenvalue weighted by Gasteiger charge is -2.20. The molecule has 0 amide bonds. The van der Waals surface area contributed by atoms with Gasteiger partial charge in [-0.25, -0.2) is 0 Å². The fourth-order valence-electron chi connectivity index (χ4n) is 2.79. The molecule has 1 aliphatic heterocycles. The highest BCUT2D eigenvalue weighted by atomic mass is 127. The van der Waals surface area contributed by atoms with Gasteiger partial charge in [0.2, 0.25) is 0 Å². The molecule has 160 valence electrons. The Bertz CT molecular complexity index is 653. The second-order valence-corrected chi connectivity index (χ2v) is 6.06. The molecule has 12 heteroatoms. The third kappa shape index (κ3) is 8.71. The second kappa shape index (κ2) is 10.4. The number of rotatable bonds is 5. The number of alkyl halides is 6. The van der Waals surface area contributed by atoms with Crippen LogP contribution < -0.4 is 15.4 Å². The molecule has 1 aromatic rings. The molecule has 1 saturated heterocycles. The number of halogens is 7. The number of para-hydroxylation sites is 1. The van der Waals surface area contributed by atoms with Crippen LogP contribution in [0.2, 0.25) is 0 Å². The lowest BCUT2D eigenvalue weighted by molar-refractivity contribution is -0.274. The summed E-state index contributed by atoms with van der Waals surface area (Å²) in [6.07, 6.45) is -8.55. The first kappa shape index (κ1) is 24.6. The maximum Gasteiger partial charge on any atom is 0.573 e. The van der Waals surface area contributed by atoms with Crippen LogP contribution in [0, 0.1) is 0 Å². The Labute approximate surface area is 175 Å². The molecule has 0 radical (unpaired) electrons. The monoisotopic (exact) mass is 526 g/mol. The van der Waals surface area contributed by atoms with Gasteiger partial charge < -0.3 is 15.4 Å². The Balaban J connectivity index is 0.00000392. The summed E-state index contributed by atoms with van der Waals surface area (Å²) < 4.78 is 78.6. The van der Waals surface area contributed by atoms with E-state index in [0.29, 0.717) is 13.0 Å². The largest absolute Gasteiger partial charge is 0.573 e. The highest BCUT2D eigenvalue weighted by Gasteiger charge is 2.34. The van der Waals surface area contributed by atoms with Gasteiger partial charge in [0, 0.05) is 38.3 Å². The molecule has 1 heterocycles. The van der Waals surface area contributed by atoms with Crippen molar-refractivity contribution in [2.75, 3.05) is 26.7 Å². The molecule has 1 unspecified atom stereocenters. The highest BCUT2D eigenvalue weighted by molar-refractivity contribution is 14.0. The van der Waals surface area contributed by atoms with Gasteiger partial charge in [0.25, 0.3) is 0 Å². The van der Waals surface area contributed by atoms with Crippen molar-refractivity contribution < 1.29 is 31.1 Å². The third-order valence-electron chi connectivity index (χ3n) is 3.88. The standard InChI is InChI=1S/C16H20F6N4O.HI/c1-23-14(25-12-6-7-26(9-12)10-15(17,18)19)24-8-11-4-2-3-5-13(11)27-16(20,21)22;/h2-5,12H,6-10H2,1H3,(H2,23,24,25);1H. The quantitative estimate of drug-likeness (QED) is 0.267. The van der Waals surface area contributed by atoms with Crippen molar-refractivity contribution in [2.45, 2.75) is 31.5 Å². The zero-order valence-electron chi connectivity index (χ0n) is 14.9. The zero-order chi connectivity index (χ0) is 20.1. The Morgan fingerprint density at radius 1 is 1.21 bits per heavy atom. The minimum Gasteiger partial charge on any atom is -0.405 e. The number of aliphatic imine (C=N–C) groups is 1. The fraction of sp³-hybridized carbons (Fsp3) is 0.562. The van der Waals surface area contributed by atoms with Gasteiger partial charge in [-0.1, -0.05) is 18.2 Å². The van der Waals surface area contributed by atoms with E-state index in [-0.39, 0.29) is 60.4 Å². The molecule has 1 fully saturated rings. The summed E-state index contributed by atoms with van der Waals surface area (Å²) in [6, 6.07) is 5.43. The van der Waals surface area contributed by atoms with Gasteiger partial charge in [-0.3, -0.25) is 9.89 Å². The molecular weight excluding hydrogens is 505 g/mol. The number of hydrogen-bond donors (Lipinski definition) is 2. The number of guanidine groups is 1. The van der Waals surface area contributed by atoms with Gasteiger partial charge in [0.15, 0.2) is 5.96 Å². The Hall–Kier alpha value is -1.44. The van der Waals surface area contributed by atoms with E-state index in [1.54, 1.807) is 6.07 Å². The van der Waals surface area contributed by atoms with Crippen molar-refractivity contribution in [3.63, 3.8) is 0 Å². The summed E-state index contributed by atoms with van der Waals surface area (Å²) in [5, 5.41) is 5.84. The molecule has 1 atom stereocenters. The minimum absolute atomic E-state index is 0. The van der Waals surface area contributed by atoms with Crippen molar-refractivity contribution in [1.29, 1.82) is 0 Å². The third-order valence-corrected chi connectivity index (χ3v) is 3.88. The second-order valence-electron chi connectivity index (χ2n) is 6.06. The van der Waals surface area contributed by atoms with Crippen LogP contribution >= 0.6 is 24.0 Å². The maximum atomic E-state index is 12.4. The van der Waals surface area contributed by atoms with Crippen LogP contribution in [0.25, 0.3) is 0 Å². The average Bonchev–Trinajstić information content (AvgIpc) is 2.96. The molecule has 0 bridgehead atoms. The van der Waals surface area contributed by atoms with Gasteiger partial charge in [-0.05, 0) is 12.5 Å². The predicted octanol–water partition coefficient (Wildman–Crippen LogP) is 3.50. The first-order valence-electron chi connectivity index (χ1n) is 8.15. The fourth-order valence-corrected chi connectivity index (χ4v) is 2.79. The molecule has 28 heavy (non-hydrogen) atoms. The summed E-state index contributed by atoms with van der Waals surface area (Å²) in [6.45, 7) is -0.464. The Morgan fingerprint density at radius 3 is 2.50 bits per heavy atom.